The zero-order chi connectivity index (χ0) is 24.7. The van der Waals surface area contributed by atoms with Gasteiger partial charge in [-0.15, -0.1) is 0 Å². The van der Waals surface area contributed by atoms with Crippen molar-refractivity contribution in [2.45, 2.75) is 25.4 Å². The average Bonchev–Trinajstić information content (AvgIpc) is 3.12. The number of carboxylic acids is 2. The van der Waals surface area contributed by atoms with Crippen molar-refractivity contribution in [1.82, 2.24) is 10.6 Å². The number of carboxylic acid groups (broad SMARTS) is 2. The van der Waals surface area contributed by atoms with Crippen molar-refractivity contribution in [2.75, 3.05) is 5.32 Å². The minimum atomic E-state index is -1.29. The summed E-state index contributed by atoms with van der Waals surface area (Å²) in [5.74, 6) is -3.24. The van der Waals surface area contributed by atoms with E-state index in [0.29, 0.717) is 21.5 Å². The first-order chi connectivity index (χ1) is 16.2. The lowest BCUT2D eigenvalue weighted by Crippen LogP contribution is -2.41. The molecule has 0 bridgehead atoms. The minimum absolute atomic E-state index is 0.207. The Morgan fingerprint density at radius 1 is 1.12 bits per heavy atom. The monoisotopic (exact) mass is 499 g/mol. The summed E-state index contributed by atoms with van der Waals surface area (Å²) in [7, 11) is 0. The molecule has 34 heavy (non-hydrogen) atoms. The molecule has 1 saturated heterocycles. The van der Waals surface area contributed by atoms with Crippen LogP contribution in [0.1, 0.15) is 34.3 Å². The van der Waals surface area contributed by atoms with Gasteiger partial charge in [-0.05, 0) is 41.8 Å². The van der Waals surface area contributed by atoms with Crippen molar-refractivity contribution in [1.29, 1.82) is 0 Å². The van der Waals surface area contributed by atoms with Crippen LogP contribution in [0.5, 0.6) is 0 Å². The number of anilines is 1. The molecule has 1 aliphatic heterocycles. The summed E-state index contributed by atoms with van der Waals surface area (Å²) in [6, 6.07) is 12.8. The van der Waals surface area contributed by atoms with Gasteiger partial charge in [0.1, 0.15) is 10.4 Å². The third-order valence-corrected chi connectivity index (χ3v) is 5.95. The normalized spacial score (nSPS) is 15.0. The fraction of sp³-hybridized carbons (Fsp3) is 0.174. The Bertz CT molecular complexity index is 1160. The number of rotatable bonds is 10. The van der Waals surface area contributed by atoms with E-state index in [1.807, 2.05) is 24.3 Å². The van der Waals surface area contributed by atoms with Crippen molar-refractivity contribution in [2.24, 2.45) is 0 Å². The van der Waals surface area contributed by atoms with E-state index in [9.17, 15) is 24.3 Å². The van der Waals surface area contributed by atoms with Gasteiger partial charge in [0, 0.05) is 24.2 Å². The predicted octanol–water partition coefficient (Wildman–Crippen LogP) is 2.84. The number of amides is 2. The maximum absolute atomic E-state index is 12.5. The van der Waals surface area contributed by atoms with Crippen LogP contribution in [0, 0.1) is 0 Å². The van der Waals surface area contributed by atoms with Gasteiger partial charge in [-0.1, -0.05) is 54.3 Å². The molecule has 0 radical (unpaired) electrons. The summed E-state index contributed by atoms with van der Waals surface area (Å²) in [5.41, 5.74) is 2.74. The van der Waals surface area contributed by atoms with Crippen molar-refractivity contribution in [3.05, 3.63) is 70.1 Å². The summed E-state index contributed by atoms with van der Waals surface area (Å²) in [4.78, 5) is 46.8. The lowest BCUT2D eigenvalue weighted by Gasteiger charge is -2.14. The van der Waals surface area contributed by atoms with Gasteiger partial charge in [-0.25, -0.2) is 4.79 Å². The van der Waals surface area contributed by atoms with Gasteiger partial charge < -0.3 is 26.2 Å². The van der Waals surface area contributed by atoms with Gasteiger partial charge >= 0.3 is 11.9 Å². The van der Waals surface area contributed by atoms with E-state index in [2.05, 4.69) is 16.0 Å². The highest BCUT2D eigenvalue weighted by atomic mass is 32.2. The van der Waals surface area contributed by atoms with Gasteiger partial charge in [0.05, 0.1) is 4.91 Å². The molecule has 176 valence electrons. The van der Waals surface area contributed by atoms with Gasteiger partial charge in [-0.2, -0.15) is 0 Å². The average molecular weight is 500 g/mol. The Balaban J connectivity index is 1.59. The molecule has 0 aliphatic carbocycles. The fourth-order valence-electron chi connectivity index (χ4n) is 3.05. The molecule has 0 spiro atoms. The number of hydrogen-bond acceptors (Lipinski definition) is 7. The molecule has 2 aromatic rings. The summed E-state index contributed by atoms with van der Waals surface area (Å²) >= 11 is 6.20. The molecule has 9 nitrogen and oxygen atoms in total. The first kappa shape index (κ1) is 24.9. The second-order valence-corrected chi connectivity index (χ2v) is 9.04. The van der Waals surface area contributed by atoms with E-state index < -0.39 is 23.9 Å². The molecule has 2 aromatic carbocycles. The van der Waals surface area contributed by atoms with E-state index in [1.54, 1.807) is 30.3 Å². The molecule has 2 amide bonds. The fourth-order valence-corrected chi connectivity index (χ4v) is 4.09. The second-order valence-electron chi connectivity index (χ2n) is 7.32. The molecule has 0 saturated carbocycles. The van der Waals surface area contributed by atoms with Crippen molar-refractivity contribution in [3.63, 3.8) is 0 Å². The van der Waals surface area contributed by atoms with Crippen LogP contribution < -0.4 is 16.0 Å². The number of nitrogens with one attached hydrogen (secondary N) is 3. The van der Waals surface area contributed by atoms with Crippen LogP contribution in [0.25, 0.3) is 6.08 Å². The van der Waals surface area contributed by atoms with Crippen LogP contribution >= 0.6 is 24.0 Å². The van der Waals surface area contributed by atoms with Gasteiger partial charge in [0.2, 0.25) is 0 Å². The lowest BCUT2D eigenvalue weighted by atomic mass is 10.1. The summed E-state index contributed by atoms with van der Waals surface area (Å²) in [6.07, 6.45) is 1.19. The van der Waals surface area contributed by atoms with Crippen molar-refractivity contribution < 1.29 is 29.4 Å². The van der Waals surface area contributed by atoms with Crippen LogP contribution in [0.3, 0.4) is 0 Å². The zero-order valence-electron chi connectivity index (χ0n) is 17.7. The van der Waals surface area contributed by atoms with E-state index in [0.717, 1.165) is 11.1 Å². The third kappa shape index (κ3) is 7.15. The van der Waals surface area contributed by atoms with E-state index in [-0.39, 0.29) is 24.3 Å². The maximum atomic E-state index is 12.5. The molecular weight excluding hydrogens is 478 g/mol. The predicted molar refractivity (Wildman–Crippen MR) is 132 cm³/mol. The second kappa shape index (κ2) is 11.4. The first-order valence-electron chi connectivity index (χ1n) is 10.1. The number of carbonyl (C=O) groups excluding carboxylic acids is 2. The smallest absolute Gasteiger partial charge is 0.326 e. The standard InChI is InChI=1S/C23H21N3O6S2/c27-19(28)9-8-17(22(31)32)25-20(29)15-2-1-3-16(11-15)24-12-14-6-4-13(5-7-14)10-18-21(30)26-23(33)34-18/h1-7,10-11,17,24H,8-9,12H2,(H,25,29)(H,27,28)(H,31,32)(H,26,30,33)/b18-10+/t17-/m1/s1. The highest BCUT2D eigenvalue weighted by Crippen LogP contribution is 2.26. The van der Waals surface area contributed by atoms with Gasteiger partial charge in [0.15, 0.2) is 0 Å². The minimum Gasteiger partial charge on any atom is -0.481 e. The Morgan fingerprint density at radius 3 is 2.47 bits per heavy atom. The molecule has 1 aliphatic rings. The summed E-state index contributed by atoms with van der Waals surface area (Å²) < 4.78 is 0.437. The number of benzene rings is 2. The number of carbonyl (C=O) groups is 4. The quantitative estimate of drug-likeness (QED) is 0.246. The molecule has 11 heteroatoms. The Morgan fingerprint density at radius 2 is 1.85 bits per heavy atom. The molecular formula is C23H21N3O6S2. The molecule has 1 heterocycles. The molecule has 1 atom stereocenters. The highest BCUT2D eigenvalue weighted by Gasteiger charge is 2.22. The molecule has 0 unspecified atom stereocenters. The van der Waals surface area contributed by atoms with Crippen LogP contribution in [-0.2, 0) is 20.9 Å². The first-order valence-corrected chi connectivity index (χ1v) is 11.4. The van der Waals surface area contributed by atoms with Crippen molar-refractivity contribution >= 4 is 63.8 Å². The van der Waals surface area contributed by atoms with Crippen LogP contribution in [0.2, 0.25) is 0 Å². The Labute approximate surface area is 204 Å². The van der Waals surface area contributed by atoms with Crippen LogP contribution in [0.4, 0.5) is 5.69 Å². The lowest BCUT2D eigenvalue weighted by molar-refractivity contribution is -0.140. The molecule has 3 rings (SSSR count). The topological polar surface area (TPSA) is 145 Å². The largest absolute Gasteiger partial charge is 0.481 e. The zero-order valence-corrected chi connectivity index (χ0v) is 19.4. The molecule has 5 N–H and O–H groups in total. The SMILES string of the molecule is O=C(O)CC[C@@H](NC(=O)c1cccc(NCc2ccc(/C=C3/SC(=S)NC3=O)cc2)c1)C(=O)O. The van der Waals surface area contributed by atoms with E-state index >= 15 is 0 Å². The Hall–Kier alpha value is -3.70. The molecule has 0 aromatic heterocycles. The van der Waals surface area contributed by atoms with Crippen LogP contribution in [-0.4, -0.2) is 44.3 Å². The van der Waals surface area contributed by atoms with E-state index in [4.69, 9.17) is 17.3 Å². The number of hydrogen-bond donors (Lipinski definition) is 5. The number of thioether (sulfide) groups is 1. The van der Waals surface area contributed by atoms with Crippen LogP contribution in [0.15, 0.2) is 53.4 Å². The maximum Gasteiger partial charge on any atom is 0.326 e. The highest BCUT2D eigenvalue weighted by molar-refractivity contribution is 8.26. The van der Waals surface area contributed by atoms with Gasteiger partial charge in [-0.3, -0.25) is 14.4 Å². The third-order valence-electron chi connectivity index (χ3n) is 4.79. The Kier molecular flexibility index (Phi) is 8.39. The number of aliphatic carboxylic acids is 2. The van der Waals surface area contributed by atoms with Gasteiger partial charge in [0.25, 0.3) is 11.8 Å². The summed E-state index contributed by atoms with van der Waals surface area (Å²) in [6.45, 7) is 0.470. The van der Waals surface area contributed by atoms with E-state index in [1.165, 1.54) is 11.8 Å². The van der Waals surface area contributed by atoms with Crippen molar-refractivity contribution in [3.8, 4) is 0 Å². The summed E-state index contributed by atoms with van der Waals surface area (Å²) in [5, 5.41) is 26.1. The molecule has 1 fully saturated rings. The number of thiocarbonyl (C=S) groups is 1.